The Morgan fingerprint density at radius 1 is 0.714 bits per heavy atom. The average Bonchev–Trinajstić information content (AvgIpc) is 3.00. The molecule has 2 aliphatic heterocycles. The smallest absolute Gasteiger partial charge is 0.346 e. The number of hydrogen-bond acceptors (Lipinski definition) is 5. The summed E-state index contributed by atoms with van der Waals surface area (Å²) in [7, 11) is 0. The Morgan fingerprint density at radius 3 is 2.19 bits per heavy atom. The summed E-state index contributed by atoms with van der Waals surface area (Å²) in [4.78, 5) is 34.4. The van der Waals surface area contributed by atoms with Crippen LogP contribution in [-0.2, 0) is 16.1 Å². The molecule has 21 heavy (non-hydrogen) atoms. The van der Waals surface area contributed by atoms with Crippen LogP contribution in [0.3, 0.4) is 0 Å². The molecule has 0 unspecified atom stereocenters. The molecule has 4 rings (SSSR count). The van der Waals surface area contributed by atoms with E-state index in [0.717, 1.165) is 16.7 Å². The van der Waals surface area contributed by atoms with Gasteiger partial charge in [-0.3, -0.25) is 0 Å². The molecule has 0 aromatic heterocycles. The second-order valence-corrected chi connectivity index (χ2v) is 4.89. The van der Waals surface area contributed by atoms with Crippen molar-refractivity contribution in [3.05, 3.63) is 58.7 Å². The predicted molar refractivity (Wildman–Crippen MR) is 70.7 cm³/mol. The highest BCUT2D eigenvalue weighted by molar-refractivity contribution is 6.15. The van der Waals surface area contributed by atoms with Crippen LogP contribution in [0.1, 0.15) is 36.6 Å². The Labute approximate surface area is 119 Å². The molecule has 5 heteroatoms. The van der Waals surface area contributed by atoms with Crippen molar-refractivity contribution in [3.63, 3.8) is 0 Å². The highest BCUT2D eigenvalue weighted by Gasteiger charge is 2.30. The number of ether oxygens (including phenoxy) is 2. The fourth-order valence-electron chi connectivity index (χ4n) is 2.58. The van der Waals surface area contributed by atoms with Crippen molar-refractivity contribution in [1.29, 1.82) is 0 Å². The van der Waals surface area contributed by atoms with Crippen molar-refractivity contribution in [2.24, 2.45) is 0 Å². The third kappa shape index (κ3) is 1.67. The first kappa shape index (κ1) is 11.8. The van der Waals surface area contributed by atoms with Gasteiger partial charge in [0, 0.05) is 5.56 Å². The Kier molecular flexibility index (Phi) is 2.27. The predicted octanol–water partition coefficient (Wildman–Crippen LogP) is 2.33. The van der Waals surface area contributed by atoms with Gasteiger partial charge in [0.1, 0.15) is 6.61 Å². The second-order valence-electron chi connectivity index (χ2n) is 4.89. The minimum Gasteiger partial charge on any atom is -0.457 e. The number of esters is 3. The molecule has 0 amide bonds. The summed E-state index contributed by atoms with van der Waals surface area (Å²) in [5.41, 5.74) is 3.56. The van der Waals surface area contributed by atoms with E-state index in [4.69, 9.17) is 4.74 Å². The van der Waals surface area contributed by atoms with Crippen molar-refractivity contribution in [3.8, 4) is 11.1 Å². The van der Waals surface area contributed by atoms with Gasteiger partial charge in [-0.05, 0) is 35.4 Å². The molecular weight excluding hydrogens is 272 g/mol. The van der Waals surface area contributed by atoms with Crippen molar-refractivity contribution < 1.29 is 23.9 Å². The lowest BCUT2D eigenvalue weighted by Gasteiger charge is -2.04. The number of benzene rings is 2. The first-order valence-corrected chi connectivity index (χ1v) is 6.34. The van der Waals surface area contributed by atoms with Gasteiger partial charge in [0.25, 0.3) is 0 Å². The largest absolute Gasteiger partial charge is 0.457 e. The maximum atomic E-state index is 11.6. The van der Waals surface area contributed by atoms with Crippen molar-refractivity contribution >= 4 is 17.9 Å². The molecule has 5 nitrogen and oxygen atoms in total. The van der Waals surface area contributed by atoms with E-state index >= 15 is 0 Å². The molecular formula is C16H8O5. The minimum atomic E-state index is -0.628. The summed E-state index contributed by atoms with van der Waals surface area (Å²) in [5, 5.41) is 0. The topological polar surface area (TPSA) is 69.7 Å². The molecule has 2 heterocycles. The van der Waals surface area contributed by atoms with E-state index in [1.807, 2.05) is 6.07 Å². The Morgan fingerprint density at radius 2 is 1.38 bits per heavy atom. The van der Waals surface area contributed by atoms with Gasteiger partial charge in [0.15, 0.2) is 0 Å². The number of carbonyl (C=O) groups is 3. The molecule has 2 aromatic carbocycles. The minimum absolute atomic E-state index is 0.257. The third-order valence-corrected chi connectivity index (χ3v) is 3.66. The zero-order chi connectivity index (χ0) is 14.6. The Bertz CT molecular complexity index is 835. The van der Waals surface area contributed by atoms with Gasteiger partial charge in [-0.15, -0.1) is 0 Å². The van der Waals surface area contributed by atoms with Crippen LogP contribution in [0.5, 0.6) is 0 Å². The van der Waals surface area contributed by atoms with Crippen LogP contribution in [0.15, 0.2) is 36.4 Å². The molecule has 0 spiro atoms. The number of carbonyl (C=O) groups excluding carboxylic acids is 3. The summed E-state index contributed by atoms with van der Waals surface area (Å²) in [5.74, 6) is -1.56. The van der Waals surface area contributed by atoms with E-state index in [1.54, 1.807) is 30.3 Å². The highest BCUT2D eigenvalue weighted by atomic mass is 16.6. The molecule has 0 saturated heterocycles. The molecule has 2 aliphatic rings. The number of rotatable bonds is 1. The van der Waals surface area contributed by atoms with Crippen LogP contribution in [0, 0.1) is 0 Å². The van der Waals surface area contributed by atoms with Gasteiger partial charge in [-0.1, -0.05) is 12.1 Å². The van der Waals surface area contributed by atoms with Gasteiger partial charge < -0.3 is 9.47 Å². The second kappa shape index (κ2) is 4.02. The van der Waals surface area contributed by atoms with Crippen LogP contribution in [0.4, 0.5) is 0 Å². The molecule has 102 valence electrons. The summed E-state index contributed by atoms with van der Waals surface area (Å²) >= 11 is 0. The maximum absolute atomic E-state index is 11.6. The van der Waals surface area contributed by atoms with Crippen LogP contribution < -0.4 is 0 Å². The number of fused-ring (bicyclic) bond motifs is 2. The van der Waals surface area contributed by atoms with Crippen molar-refractivity contribution in [2.75, 3.05) is 0 Å². The fourth-order valence-corrected chi connectivity index (χ4v) is 2.58. The molecule has 0 atom stereocenters. The standard InChI is InChI=1S/C16H8O5/c17-14-11-3-1-8(5-10(11)7-20-14)9-2-4-12-13(6-9)16(19)21-15(12)18/h1-6H,7H2. The van der Waals surface area contributed by atoms with Crippen LogP contribution >= 0.6 is 0 Å². The number of hydrogen-bond donors (Lipinski definition) is 0. The van der Waals surface area contributed by atoms with E-state index in [2.05, 4.69) is 4.74 Å². The zero-order valence-corrected chi connectivity index (χ0v) is 10.7. The first-order chi connectivity index (χ1) is 10.1. The molecule has 2 aromatic rings. The van der Waals surface area contributed by atoms with Gasteiger partial charge in [0.05, 0.1) is 16.7 Å². The lowest BCUT2D eigenvalue weighted by atomic mass is 9.97. The average molecular weight is 280 g/mol. The maximum Gasteiger partial charge on any atom is 0.346 e. The van der Waals surface area contributed by atoms with Crippen molar-refractivity contribution in [2.45, 2.75) is 6.61 Å². The molecule has 0 radical (unpaired) electrons. The van der Waals surface area contributed by atoms with E-state index in [-0.39, 0.29) is 23.7 Å². The van der Waals surface area contributed by atoms with Gasteiger partial charge >= 0.3 is 17.9 Å². The van der Waals surface area contributed by atoms with E-state index in [0.29, 0.717) is 5.56 Å². The van der Waals surface area contributed by atoms with E-state index in [9.17, 15) is 14.4 Å². The molecule has 0 bridgehead atoms. The van der Waals surface area contributed by atoms with E-state index in [1.165, 1.54) is 0 Å². The lowest BCUT2D eigenvalue weighted by Crippen LogP contribution is -1.96. The Balaban J connectivity index is 1.82. The lowest BCUT2D eigenvalue weighted by molar-refractivity contribution is 0.0442. The first-order valence-electron chi connectivity index (χ1n) is 6.34. The van der Waals surface area contributed by atoms with Crippen LogP contribution in [0.2, 0.25) is 0 Å². The zero-order valence-electron chi connectivity index (χ0n) is 10.7. The van der Waals surface area contributed by atoms with Crippen LogP contribution in [0.25, 0.3) is 11.1 Å². The monoisotopic (exact) mass is 280 g/mol. The van der Waals surface area contributed by atoms with Crippen LogP contribution in [-0.4, -0.2) is 17.9 Å². The molecule has 0 fully saturated rings. The number of cyclic esters (lactones) is 3. The third-order valence-electron chi connectivity index (χ3n) is 3.66. The van der Waals surface area contributed by atoms with Crippen molar-refractivity contribution in [1.82, 2.24) is 0 Å². The van der Waals surface area contributed by atoms with Gasteiger partial charge in [-0.2, -0.15) is 0 Å². The highest BCUT2D eigenvalue weighted by Crippen LogP contribution is 2.30. The fraction of sp³-hybridized carbons (Fsp3) is 0.0625. The summed E-state index contributed by atoms with van der Waals surface area (Å²) < 4.78 is 9.53. The normalized spacial score (nSPS) is 15.5. The van der Waals surface area contributed by atoms with E-state index < -0.39 is 11.9 Å². The quantitative estimate of drug-likeness (QED) is 0.592. The molecule has 0 N–H and O–H groups in total. The Hall–Kier alpha value is -2.95. The summed E-state index contributed by atoms with van der Waals surface area (Å²) in [6.07, 6.45) is 0. The van der Waals surface area contributed by atoms with Gasteiger partial charge in [-0.25, -0.2) is 14.4 Å². The molecule has 0 saturated carbocycles. The summed E-state index contributed by atoms with van der Waals surface area (Å²) in [6.45, 7) is 0.257. The summed E-state index contributed by atoms with van der Waals surface area (Å²) in [6, 6.07) is 10.3. The van der Waals surface area contributed by atoms with Gasteiger partial charge in [0.2, 0.25) is 0 Å². The molecule has 0 aliphatic carbocycles. The SMILES string of the molecule is O=C1OCc2cc(-c3ccc4c(c3)C(=O)OC4=O)ccc21.